The molecule has 0 aromatic heterocycles. The van der Waals surface area contributed by atoms with Crippen LogP contribution in [0, 0.1) is 11.8 Å². The lowest BCUT2D eigenvalue weighted by Crippen LogP contribution is -2.47. The molecule has 18 heavy (non-hydrogen) atoms. The quantitative estimate of drug-likeness (QED) is 0.630. The van der Waals surface area contributed by atoms with Gasteiger partial charge in [0.25, 0.3) is 0 Å². The van der Waals surface area contributed by atoms with Gasteiger partial charge >= 0.3 is 0 Å². The molecule has 0 spiro atoms. The monoisotopic (exact) mass is 274 g/mol. The molecule has 0 aliphatic heterocycles. The summed E-state index contributed by atoms with van der Waals surface area (Å²) in [5.74, 6) is -0.134. The Labute approximate surface area is 116 Å². The summed E-state index contributed by atoms with van der Waals surface area (Å²) in [6.07, 6.45) is 1.58. The molecule has 2 atom stereocenters. The van der Waals surface area contributed by atoms with Crippen molar-refractivity contribution in [1.29, 1.82) is 0 Å². The van der Waals surface area contributed by atoms with Crippen LogP contribution >= 0.6 is 12.2 Å². The number of carbonyl (C=O) groups excluding carboxylic acids is 1. The van der Waals surface area contributed by atoms with Crippen molar-refractivity contribution < 1.29 is 9.53 Å². The second-order valence-electron chi connectivity index (χ2n) is 4.76. The predicted molar refractivity (Wildman–Crippen MR) is 78.4 cm³/mol. The Bertz CT molecular complexity index is 270. The summed E-state index contributed by atoms with van der Waals surface area (Å²) < 4.78 is 5.38. The Morgan fingerprint density at radius 3 is 2.39 bits per heavy atom. The minimum Gasteiger partial charge on any atom is -0.393 e. The first kappa shape index (κ1) is 17.3. The zero-order chi connectivity index (χ0) is 14.1. The Morgan fingerprint density at radius 1 is 1.39 bits per heavy atom. The third-order valence-electron chi connectivity index (χ3n) is 2.87. The lowest BCUT2D eigenvalue weighted by molar-refractivity contribution is -0.124. The topological polar surface area (TPSA) is 64.3 Å². The van der Waals surface area contributed by atoms with Crippen molar-refractivity contribution in [3.8, 4) is 0 Å². The number of hydrogen-bond acceptors (Lipinski definition) is 3. The summed E-state index contributed by atoms with van der Waals surface area (Å²) in [4.78, 5) is 12.4. The van der Waals surface area contributed by atoms with E-state index in [9.17, 15) is 4.79 Å². The molecule has 5 heteroatoms. The number of carbonyl (C=O) groups is 1. The highest BCUT2D eigenvalue weighted by Gasteiger charge is 2.24. The van der Waals surface area contributed by atoms with E-state index >= 15 is 0 Å². The first-order chi connectivity index (χ1) is 8.43. The molecule has 1 amide bonds. The highest BCUT2D eigenvalue weighted by Crippen LogP contribution is 2.10. The van der Waals surface area contributed by atoms with E-state index in [2.05, 4.69) is 19.2 Å². The van der Waals surface area contributed by atoms with Crippen LogP contribution in [0.2, 0.25) is 0 Å². The summed E-state index contributed by atoms with van der Waals surface area (Å²) >= 11 is 4.95. The molecule has 0 aromatic rings. The van der Waals surface area contributed by atoms with Crippen molar-refractivity contribution in [3.63, 3.8) is 0 Å². The normalized spacial score (nSPS) is 14.3. The maximum Gasteiger partial charge on any atom is 0.230 e. The van der Waals surface area contributed by atoms with Gasteiger partial charge < -0.3 is 15.8 Å². The van der Waals surface area contributed by atoms with Gasteiger partial charge in [0.15, 0.2) is 0 Å². The largest absolute Gasteiger partial charge is 0.393 e. The van der Waals surface area contributed by atoms with Gasteiger partial charge in [-0.15, -0.1) is 0 Å². The van der Waals surface area contributed by atoms with Crippen molar-refractivity contribution in [2.75, 3.05) is 13.2 Å². The summed E-state index contributed by atoms with van der Waals surface area (Å²) in [7, 11) is 0. The van der Waals surface area contributed by atoms with Crippen molar-refractivity contribution in [2.24, 2.45) is 17.6 Å². The van der Waals surface area contributed by atoms with Gasteiger partial charge in [0.1, 0.15) is 0 Å². The molecule has 0 aromatic carbocycles. The zero-order valence-electron chi connectivity index (χ0n) is 11.9. The van der Waals surface area contributed by atoms with Gasteiger partial charge in [-0.05, 0) is 19.3 Å². The Kier molecular flexibility index (Phi) is 8.93. The molecule has 4 nitrogen and oxygen atoms in total. The smallest absolute Gasteiger partial charge is 0.230 e. The van der Waals surface area contributed by atoms with Crippen LogP contribution in [0.3, 0.4) is 0 Å². The first-order valence-corrected chi connectivity index (χ1v) is 7.02. The van der Waals surface area contributed by atoms with Crippen LogP contribution < -0.4 is 11.1 Å². The number of thiocarbonyl (C=S) groups is 1. The van der Waals surface area contributed by atoms with Gasteiger partial charge in [0, 0.05) is 6.61 Å². The molecule has 106 valence electrons. The molecular weight excluding hydrogens is 248 g/mol. The fourth-order valence-electron chi connectivity index (χ4n) is 1.62. The van der Waals surface area contributed by atoms with Gasteiger partial charge in [-0.25, -0.2) is 0 Å². The molecule has 0 bridgehead atoms. The van der Waals surface area contributed by atoms with Crippen molar-refractivity contribution in [1.82, 2.24) is 5.32 Å². The van der Waals surface area contributed by atoms with E-state index < -0.39 is 0 Å². The van der Waals surface area contributed by atoms with Gasteiger partial charge in [0.05, 0.1) is 23.6 Å². The lowest BCUT2D eigenvalue weighted by atomic mass is 10.00. The third kappa shape index (κ3) is 6.31. The van der Waals surface area contributed by atoms with Crippen LogP contribution in [-0.4, -0.2) is 30.2 Å². The summed E-state index contributed by atoms with van der Waals surface area (Å²) in [5, 5.41) is 2.99. The second kappa shape index (κ2) is 9.28. The predicted octanol–water partition coefficient (Wildman–Crippen LogP) is 1.87. The molecule has 0 aliphatic rings. The Morgan fingerprint density at radius 2 is 2.00 bits per heavy atom. The van der Waals surface area contributed by atoms with E-state index in [0.29, 0.717) is 25.6 Å². The Hall–Kier alpha value is -0.680. The average molecular weight is 274 g/mol. The highest BCUT2D eigenvalue weighted by atomic mass is 32.1. The molecule has 0 fully saturated rings. The standard InChI is InChI=1S/C13H26N2O2S/c1-5-7-10(12(14)18)13(16)15-11(9(3)4)8-17-6-2/h9-11H,5-8H2,1-4H3,(H2,14,18)(H,15,16). The van der Waals surface area contributed by atoms with Crippen LogP contribution in [-0.2, 0) is 9.53 Å². The minimum atomic E-state index is -0.368. The lowest BCUT2D eigenvalue weighted by Gasteiger charge is -2.24. The van der Waals surface area contributed by atoms with Crippen molar-refractivity contribution in [3.05, 3.63) is 0 Å². The molecular formula is C13H26N2O2S. The van der Waals surface area contributed by atoms with Gasteiger partial charge in [-0.1, -0.05) is 39.4 Å². The van der Waals surface area contributed by atoms with Crippen LogP contribution in [0.15, 0.2) is 0 Å². The van der Waals surface area contributed by atoms with E-state index in [1.807, 2.05) is 13.8 Å². The molecule has 0 rings (SSSR count). The Balaban J connectivity index is 4.50. The number of nitrogens with one attached hydrogen (secondary N) is 1. The van der Waals surface area contributed by atoms with E-state index in [1.165, 1.54) is 0 Å². The van der Waals surface area contributed by atoms with E-state index in [1.54, 1.807) is 0 Å². The average Bonchev–Trinajstić information content (AvgIpc) is 2.30. The van der Waals surface area contributed by atoms with Gasteiger partial charge in [-0.3, -0.25) is 4.79 Å². The fraction of sp³-hybridized carbons (Fsp3) is 0.846. The summed E-state index contributed by atoms with van der Waals surface area (Å²) in [6.45, 7) is 9.23. The summed E-state index contributed by atoms with van der Waals surface area (Å²) in [6, 6.07) is 0.00570. The summed E-state index contributed by atoms with van der Waals surface area (Å²) in [5.41, 5.74) is 5.61. The number of nitrogens with two attached hydrogens (primary N) is 1. The molecule has 0 aliphatic carbocycles. The van der Waals surface area contributed by atoms with E-state index in [4.69, 9.17) is 22.7 Å². The second-order valence-corrected chi connectivity index (χ2v) is 5.23. The maximum absolute atomic E-state index is 12.1. The number of hydrogen-bond donors (Lipinski definition) is 2. The molecule has 2 unspecified atom stereocenters. The van der Waals surface area contributed by atoms with E-state index in [0.717, 1.165) is 6.42 Å². The van der Waals surface area contributed by atoms with E-state index in [-0.39, 0.29) is 22.9 Å². The maximum atomic E-state index is 12.1. The number of amides is 1. The fourth-order valence-corrected chi connectivity index (χ4v) is 1.85. The third-order valence-corrected chi connectivity index (χ3v) is 3.16. The molecule has 0 radical (unpaired) electrons. The van der Waals surface area contributed by atoms with Crippen LogP contribution in [0.1, 0.15) is 40.5 Å². The van der Waals surface area contributed by atoms with Crippen molar-refractivity contribution >= 4 is 23.1 Å². The van der Waals surface area contributed by atoms with Crippen molar-refractivity contribution in [2.45, 2.75) is 46.6 Å². The van der Waals surface area contributed by atoms with Gasteiger partial charge in [0.2, 0.25) is 5.91 Å². The highest BCUT2D eigenvalue weighted by molar-refractivity contribution is 7.80. The van der Waals surface area contributed by atoms with Crippen LogP contribution in [0.5, 0.6) is 0 Å². The minimum absolute atomic E-state index is 0.00570. The number of rotatable bonds is 9. The molecule has 0 saturated heterocycles. The SMILES string of the molecule is CCCC(C(=O)NC(COCC)C(C)C)C(N)=S. The zero-order valence-corrected chi connectivity index (χ0v) is 12.7. The van der Waals surface area contributed by atoms with Crippen LogP contribution in [0.4, 0.5) is 0 Å². The molecule has 0 heterocycles. The van der Waals surface area contributed by atoms with Gasteiger partial charge in [-0.2, -0.15) is 0 Å². The number of ether oxygens (including phenoxy) is 1. The van der Waals surface area contributed by atoms with Crippen LogP contribution in [0.25, 0.3) is 0 Å². The molecule has 0 saturated carbocycles. The molecule has 3 N–H and O–H groups in total. The first-order valence-electron chi connectivity index (χ1n) is 6.61.